The minimum absolute atomic E-state index is 0.0337. The summed E-state index contributed by atoms with van der Waals surface area (Å²) in [7, 11) is 0. The minimum Gasteiger partial charge on any atom is -0.505 e. The predicted octanol–water partition coefficient (Wildman–Crippen LogP) is 5.85. The molecule has 1 heterocycles. The van der Waals surface area contributed by atoms with E-state index in [1.165, 1.54) is 16.7 Å². The number of rotatable bonds is 4. The van der Waals surface area contributed by atoms with Crippen LogP contribution in [0.2, 0.25) is 0 Å². The van der Waals surface area contributed by atoms with E-state index in [2.05, 4.69) is 6.58 Å². The molecule has 0 fully saturated rings. The molecule has 0 unspecified atom stereocenters. The Morgan fingerprint density at radius 3 is 2.62 bits per heavy atom. The van der Waals surface area contributed by atoms with Crippen molar-refractivity contribution in [3.63, 3.8) is 0 Å². The van der Waals surface area contributed by atoms with Gasteiger partial charge in [0, 0.05) is 0 Å². The fourth-order valence-electron chi connectivity index (χ4n) is 2.01. The lowest BCUT2D eigenvalue weighted by Crippen LogP contribution is -2.06. The number of alkyl halides is 3. The van der Waals surface area contributed by atoms with Crippen molar-refractivity contribution in [3.05, 3.63) is 64.5 Å². The van der Waals surface area contributed by atoms with Crippen molar-refractivity contribution < 1.29 is 27.1 Å². The summed E-state index contributed by atoms with van der Waals surface area (Å²) in [6.45, 7) is 4.57. The van der Waals surface area contributed by atoms with Crippen LogP contribution in [0.1, 0.15) is 12.5 Å². The van der Waals surface area contributed by atoms with Crippen LogP contribution in [0.5, 0.6) is 0 Å². The second kappa shape index (κ2) is 6.64. The van der Waals surface area contributed by atoms with Crippen molar-refractivity contribution in [2.75, 3.05) is 0 Å². The summed E-state index contributed by atoms with van der Waals surface area (Å²) in [4.78, 5) is -0.0440. The first-order valence-corrected chi connectivity index (χ1v) is 7.13. The smallest absolute Gasteiger partial charge is 0.416 e. The van der Waals surface area contributed by atoms with Gasteiger partial charge in [0.25, 0.3) is 4.84 Å². The molecule has 0 atom stereocenters. The maximum Gasteiger partial charge on any atom is 0.416 e. The molecule has 0 aliphatic heterocycles. The van der Waals surface area contributed by atoms with Crippen LogP contribution in [-0.2, 0) is 12.7 Å². The molecular formula is C16H13F4NO2S. The molecular weight excluding hydrogens is 346 g/mol. The fourth-order valence-corrected chi connectivity index (χ4v) is 2.27. The molecule has 0 aliphatic carbocycles. The zero-order valence-corrected chi connectivity index (χ0v) is 13.3. The van der Waals surface area contributed by atoms with Crippen molar-refractivity contribution in [2.24, 2.45) is 0 Å². The van der Waals surface area contributed by atoms with Crippen LogP contribution in [0.15, 0.2) is 58.5 Å². The Morgan fingerprint density at radius 2 is 2.08 bits per heavy atom. The van der Waals surface area contributed by atoms with E-state index in [9.17, 15) is 22.7 Å². The van der Waals surface area contributed by atoms with E-state index >= 15 is 0 Å². The summed E-state index contributed by atoms with van der Waals surface area (Å²) in [5.41, 5.74) is -0.160. The number of halogens is 4. The number of benzene rings is 1. The van der Waals surface area contributed by atoms with Crippen molar-refractivity contribution in [3.8, 4) is 0 Å². The van der Waals surface area contributed by atoms with Crippen LogP contribution in [0.25, 0.3) is 11.1 Å². The van der Waals surface area contributed by atoms with Crippen molar-refractivity contribution >= 4 is 23.3 Å². The van der Waals surface area contributed by atoms with Gasteiger partial charge < -0.3 is 9.52 Å². The third-order valence-corrected chi connectivity index (χ3v) is 3.58. The van der Waals surface area contributed by atoms with Gasteiger partial charge in [0.05, 0.1) is 17.6 Å². The zero-order chi connectivity index (χ0) is 18.1. The van der Waals surface area contributed by atoms with Crippen LogP contribution in [0.3, 0.4) is 0 Å². The van der Waals surface area contributed by atoms with Gasteiger partial charge in [0.15, 0.2) is 5.58 Å². The average molecular weight is 359 g/mol. The molecule has 0 aliphatic rings. The Labute approximate surface area is 139 Å². The molecule has 3 nitrogen and oxygen atoms in total. The highest BCUT2D eigenvalue weighted by atomic mass is 32.1. The molecule has 8 heteroatoms. The first-order valence-electron chi connectivity index (χ1n) is 6.72. The van der Waals surface area contributed by atoms with E-state index in [0.29, 0.717) is 5.57 Å². The third-order valence-electron chi connectivity index (χ3n) is 3.27. The number of aliphatic hydroxyl groups is 1. The Kier molecular flexibility index (Phi) is 4.98. The monoisotopic (exact) mass is 359 g/mol. The van der Waals surface area contributed by atoms with Gasteiger partial charge >= 0.3 is 6.18 Å². The number of hydrogen-bond donors (Lipinski definition) is 1. The molecule has 2 rings (SSSR count). The number of fused-ring (bicyclic) bond motifs is 1. The molecule has 1 aromatic carbocycles. The standard InChI is InChI=1S/C16H13F4NO2S/c1-3-10(6-13(22)9(2)17)8-21-12-7-11(16(18,19)20)4-5-14(12)23-15(21)24/h3-7,22H,1,8H2,2H3/b10-6+,13-9-. The Bertz CT molecular complexity index is 899. The van der Waals surface area contributed by atoms with E-state index in [0.717, 1.165) is 25.1 Å². The molecule has 0 saturated carbocycles. The molecule has 1 N–H and O–H groups in total. The van der Waals surface area contributed by atoms with Gasteiger partial charge in [-0.05, 0) is 49.0 Å². The summed E-state index contributed by atoms with van der Waals surface area (Å²) in [5.74, 6) is -1.39. The number of hydrogen-bond acceptors (Lipinski definition) is 3. The summed E-state index contributed by atoms with van der Waals surface area (Å²) < 4.78 is 58.2. The van der Waals surface area contributed by atoms with E-state index in [4.69, 9.17) is 16.6 Å². The molecule has 1 aromatic heterocycles. The van der Waals surface area contributed by atoms with Crippen LogP contribution in [0, 0.1) is 4.84 Å². The third kappa shape index (κ3) is 3.76. The normalized spacial score (nSPS) is 14.0. The first-order chi connectivity index (χ1) is 11.1. The van der Waals surface area contributed by atoms with Gasteiger partial charge in [-0.3, -0.25) is 4.57 Å². The number of aliphatic hydroxyl groups excluding tert-OH is 1. The highest BCUT2D eigenvalue weighted by Crippen LogP contribution is 2.32. The molecule has 128 valence electrons. The van der Waals surface area contributed by atoms with Crippen LogP contribution < -0.4 is 0 Å². The highest BCUT2D eigenvalue weighted by molar-refractivity contribution is 7.71. The summed E-state index contributed by atoms with van der Waals surface area (Å²) in [5, 5.41) is 9.46. The van der Waals surface area contributed by atoms with E-state index in [1.54, 1.807) is 0 Å². The average Bonchev–Trinajstić information content (AvgIpc) is 2.80. The minimum atomic E-state index is -4.51. The van der Waals surface area contributed by atoms with Gasteiger partial charge in [-0.1, -0.05) is 12.7 Å². The van der Waals surface area contributed by atoms with Crippen LogP contribution in [-0.4, -0.2) is 9.67 Å². The summed E-state index contributed by atoms with van der Waals surface area (Å²) >= 11 is 5.03. The van der Waals surface area contributed by atoms with E-state index in [1.807, 2.05) is 0 Å². The SMILES string of the molecule is C=C/C(=C\C(O)=C(/C)F)Cn1c(=S)oc2ccc(C(F)(F)F)cc21. The lowest BCUT2D eigenvalue weighted by molar-refractivity contribution is -0.137. The fraction of sp³-hybridized carbons (Fsp3) is 0.188. The lowest BCUT2D eigenvalue weighted by Gasteiger charge is -2.08. The van der Waals surface area contributed by atoms with Crippen molar-refractivity contribution in [2.45, 2.75) is 19.6 Å². The molecule has 0 saturated heterocycles. The molecule has 24 heavy (non-hydrogen) atoms. The number of oxazole rings is 1. The molecule has 0 radical (unpaired) electrons. The topological polar surface area (TPSA) is 38.3 Å². The number of aromatic nitrogens is 1. The van der Waals surface area contributed by atoms with Crippen molar-refractivity contribution in [1.29, 1.82) is 0 Å². The largest absolute Gasteiger partial charge is 0.505 e. The quantitative estimate of drug-likeness (QED) is 0.322. The van der Waals surface area contributed by atoms with Crippen molar-refractivity contribution in [1.82, 2.24) is 4.57 Å². The van der Waals surface area contributed by atoms with E-state index < -0.39 is 23.3 Å². The van der Waals surface area contributed by atoms with Crippen LogP contribution in [0.4, 0.5) is 17.6 Å². The highest BCUT2D eigenvalue weighted by Gasteiger charge is 2.31. The zero-order valence-electron chi connectivity index (χ0n) is 12.5. The van der Waals surface area contributed by atoms with Crippen LogP contribution >= 0.6 is 12.2 Å². The first kappa shape index (κ1) is 18.0. The predicted molar refractivity (Wildman–Crippen MR) is 84.8 cm³/mol. The lowest BCUT2D eigenvalue weighted by atomic mass is 10.2. The number of nitrogens with zero attached hydrogens (tertiary/aromatic N) is 1. The summed E-state index contributed by atoms with van der Waals surface area (Å²) in [6, 6.07) is 3.01. The Morgan fingerprint density at radius 1 is 1.42 bits per heavy atom. The summed E-state index contributed by atoms with van der Waals surface area (Å²) in [6.07, 6.45) is -2.04. The second-order valence-electron chi connectivity index (χ2n) is 4.98. The molecule has 0 spiro atoms. The van der Waals surface area contributed by atoms with Gasteiger partial charge in [-0.2, -0.15) is 13.2 Å². The second-order valence-corrected chi connectivity index (χ2v) is 5.33. The van der Waals surface area contributed by atoms with Gasteiger partial charge in [0.2, 0.25) is 0 Å². The van der Waals surface area contributed by atoms with Gasteiger partial charge in [-0.25, -0.2) is 4.39 Å². The van der Waals surface area contributed by atoms with Gasteiger partial charge in [0.1, 0.15) is 11.6 Å². The molecule has 0 amide bonds. The Balaban J connectivity index is 2.55. The molecule has 2 aromatic rings. The Hall–Kier alpha value is -2.35. The maximum absolute atomic E-state index is 13.0. The maximum atomic E-state index is 13.0. The number of allylic oxidation sites excluding steroid dienone is 4. The molecule has 0 bridgehead atoms. The van der Waals surface area contributed by atoms with E-state index in [-0.39, 0.29) is 22.5 Å². The van der Waals surface area contributed by atoms with Gasteiger partial charge in [-0.15, -0.1) is 0 Å².